The predicted octanol–water partition coefficient (Wildman–Crippen LogP) is -4.54. The van der Waals surface area contributed by atoms with E-state index in [2.05, 4.69) is 20.1 Å². The smallest absolute Gasteiger partial charge is 0.397 e. The van der Waals surface area contributed by atoms with Gasteiger partial charge >= 0.3 is 16.4 Å². The Morgan fingerprint density at radius 1 is 1.21 bits per heavy atom. The number of carbonyl (C=O) groups excluding carboxylic acids is 2. The molecule has 2 heterocycles. The van der Waals surface area contributed by atoms with Crippen LogP contribution in [0.25, 0.3) is 0 Å². The highest BCUT2D eigenvalue weighted by Crippen LogP contribution is 2.29. The molecular weight excluding hydrogens is 486 g/mol. The maximum absolute atomic E-state index is 12.3. The normalized spacial score (nSPS) is 33.9. The fourth-order valence-electron chi connectivity index (χ4n) is 3.75. The number of carboxylic acid groups (broad SMARTS) is 1. The molecule has 0 bridgehead atoms. The summed E-state index contributed by atoms with van der Waals surface area (Å²) < 4.78 is 47.0. The number of aliphatic hydroxyl groups excluding tert-OH is 3. The van der Waals surface area contributed by atoms with Crippen molar-refractivity contribution in [1.29, 1.82) is 0 Å². The second-order valence-corrected chi connectivity index (χ2v) is 8.83. The molecule has 0 aromatic rings. The summed E-state index contributed by atoms with van der Waals surface area (Å²) in [4.78, 5) is 34.6. The van der Waals surface area contributed by atoms with Crippen LogP contribution in [0.2, 0.25) is 0 Å². The highest BCUT2D eigenvalue weighted by molar-refractivity contribution is 7.80. The molecule has 196 valence electrons. The number of nitrogens with one attached hydrogen (secondary N) is 3. The van der Waals surface area contributed by atoms with E-state index in [4.69, 9.17) is 19.1 Å². The van der Waals surface area contributed by atoms with Crippen molar-refractivity contribution < 1.29 is 61.4 Å². The van der Waals surface area contributed by atoms with E-state index in [1.54, 1.807) is 0 Å². The van der Waals surface area contributed by atoms with E-state index in [-0.39, 0.29) is 19.4 Å². The molecule has 0 saturated carbocycles. The summed E-state index contributed by atoms with van der Waals surface area (Å²) >= 11 is 0. The molecule has 8 N–H and O–H groups in total. The van der Waals surface area contributed by atoms with Gasteiger partial charge in [0.1, 0.15) is 24.4 Å². The summed E-state index contributed by atoms with van der Waals surface area (Å²) in [6, 6.07) is -3.09. The molecule has 2 saturated heterocycles. The summed E-state index contributed by atoms with van der Waals surface area (Å²) in [6.45, 7) is -0.352. The van der Waals surface area contributed by atoms with Gasteiger partial charge in [0.05, 0.1) is 37.8 Å². The van der Waals surface area contributed by atoms with E-state index >= 15 is 0 Å². The zero-order valence-electron chi connectivity index (χ0n) is 18.1. The first-order chi connectivity index (χ1) is 15.9. The van der Waals surface area contributed by atoms with Gasteiger partial charge < -0.3 is 40.5 Å². The molecule has 3 unspecified atom stereocenters. The monoisotopic (exact) mass is 515 g/mol. The molecule has 17 heteroatoms. The maximum Gasteiger partial charge on any atom is 0.397 e. The third-order valence-electron chi connectivity index (χ3n) is 5.25. The Hall–Kier alpha value is -1.96. The zero-order valence-corrected chi connectivity index (χ0v) is 18.9. The number of ether oxygens (including phenoxy) is 2. The molecule has 2 aliphatic heterocycles. The van der Waals surface area contributed by atoms with Crippen LogP contribution in [-0.4, -0.2) is 120 Å². The van der Waals surface area contributed by atoms with Gasteiger partial charge in [-0.15, -0.1) is 0 Å². The summed E-state index contributed by atoms with van der Waals surface area (Å²) in [5.74, 6) is -2.29. The highest BCUT2D eigenvalue weighted by Gasteiger charge is 2.50. The number of carbonyl (C=O) groups is 3. The van der Waals surface area contributed by atoms with Crippen LogP contribution in [0.4, 0.5) is 0 Å². The molecule has 0 spiro atoms. The first-order valence-corrected chi connectivity index (χ1v) is 11.6. The van der Waals surface area contributed by atoms with Crippen LogP contribution in [0, 0.1) is 0 Å². The van der Waals surface area contributed by atoms with E-state index in [0.717, 1.165) is 6.92 Å². The van der Waals surface area contributed by atoms with Gasteiger partial charge in [0.15, 0.2) is 6.29 Å². The summed E-state index contributed by atoms with van der Waals surface area (Å²) in [6.07, 6.45) is -7.80. The number of carboxylic acids is 1. The van der Waals surface area contributed by atoms with Gasteiger partial charge in [0.25, 0.3) is 0 Å². The number of rotatable bonds is 11. The summed E-state index contributed by atoms with van der Waals surface area (Å²) in [7, 11) is -5.06. The van der Waals surface area contributed by atoms with Crippen molar-refractivity contribution in [3.8, 4) is 0 Å². The van der Waals surface area contributed by atoms with E-state index in [1.165, 1.54) is 0 Å². The fourth-order valence-corrected chi connectivity index (χ4v) is 4.27. The summed E-state index contributed by atoms with van der Waals surface area (Å²) in [5.41, 5.74) is 0. The van der Waals surface area contributed by atoms with Crippen LogP contribution in [0.3, 0.4) is 0 Å². The highest BCUT2D eigenvalue weighted by atomic mass is 32.3. The lowest BCUT2D eigenvalue weighted by Gasteiger charge is -2.44. The third-order valence-corrected chi connectivity index (χ3v) is 5.71. The number of amides is 2. The molecule has 2 rings (SSSR count). The zero-order chi connectivity index (χ0) is 25.6. The van der Waals surface area contributed by atoms with Crippen LogP contribution < -0.4 is 16.0 Å². The van der Waals surface area contributed by atoms with Crippen LogP contribution in [-0.2, 0) is 38.4 Å². The molecular formula is C17H29N3O13S. The molecule has 0 aliphatic carbocycles. The predicted molar refractivity (Wildman–Crippen MR) is 108 cm³/mol. The Kier molecular flexibility index (Phi) is 10.1. The molecule has 2 fully saturated rings. The molecule has 16 nitrogen and oxygen atoms in total. The topological polar surface area (TPSA) is 250 Å². The molecule has 8 atom stereocenters. The Morgan fingerprint density at radius 3 is 2.41 bits per heavy atom. The molecule has 2 aliphatic rings. The van der Waals surface area contributed by atoms with Gasteiger partial charge in [-0.3, -0.25) is 24.3 Å². The Morgan fingerprint density at radius 2 is 1.88 bits per heavy atom. The van der Waals surface area contributed by atoms with Crippen molar-refractivity contribution in [3.05, 3.63) is 0 Å². The molecule has 34 heavy (non-hydrogen) atoms. The first kappa shape index (κ1) is 28.3. The van der Waals surface area contributed by atoms with Gasteiger partial charge in [0, 0.05) is 13.5 Å². The van der Waals surface area contributed by atoms with Crippen LogP contribution >= 0.6 is 0 Å². The van der Waals surface area contributed by atoms with E-state index < -0.39 is 90.2 Å². The Labute approximate surface area is 194 Å². The minimum absolute atomic E-state index is 0.0123. The van der Waals surface area contributed by atoms with Crippen molar-refractivity contribution in [2.24, 2.45) is 0 Å². The minimum atomic E-state index is -5.06. The lowest BCUT2D eigenvalue weighted by molar-refractivity contribution is -0.279. The number of hydrogen-bond acceptors (Lipinski definition) is 12. The van der Waals surface area contributed by atoms with Gasteiger partial charge in [-0.25, -0.2) is 4.18 Å². The lowest BCUT2D eigenvalue weighted by atomic mass is 9.96. The van der Waals surface area contributed by atoms with Crippen molar-refractivity contribution in [1.82, 2.24) is 16.0 Å². The molecule has 0 aromatic carbocycles. The largest absolute Gasteiger partial charge is 0.481 e. The fraction of sp³-hybridized carbons (Fsp3) is 0.824. The van der Waals surface area contributed by atoms with Crippen LogP contribution in [0.1, 0.15) is 19.8 Å². The average Bonchev–Trinajstić information content (AvgIpc) is 3.14. The molecule has 0 radical (unpaired) electrons. The number of hydrogen-bond donors (Lipinski definition) is 8. The Balaban J connectivity index is 2.15. The van der Waals surface area contributed by atoms with E-state index in [0.29, 0.717) is 0 Å². The standard InChI is InChI=1S/C17H29N3O13S/c1-7(23)19-13-14(26)15(33-34(28,29)30)11(6-22)32-17(13)31-10-4-8(20-9(10)5-21)16(27)18-3-2-12(24)25/h8-11,13-15,17,20-22,26H,2-6H2,1H3,(H,18,27)(H,19,23)(H,24,25)(H,28,29,30)/t8-,9+,10-,11?,13?,14?,15+,17+/m0/s1. The van der Waals surface area contributed by atoms with E-state index in [9.17, 15) is 38.1 Å². The number of aliphatic hydroxyl groups is 3. The first-order valence-electron chi connectivity index (χ1n) is 10.2. The SMILES string of the molecule is CC(=O)NC1C(O)[C@H](OS(=O)(=O)O)C(CO)O[C@H]1O[C@H]1C[C@@H](C(=O)NCCC(=O)O)N[C@@H]1CO. The molecule has 2 amide bonds. The third kappa shape index (κ3) is 7.79. The van der Waals surface area contributed by atoms with Crippen molar-refractivity contribution in [3.63, 3.8) is 0 Å². The minimum Gasteiger partial charge on any atom is -0.481 e. The van der Waals surface area contributed by atoms with Gasteiger partial charge in [-0.1, -0.05) is 0 Å². The van der Waals surface area contributed by atoms with Crippen molar-refractivity contribution in [2.75, 3.05) is 19.8 Å². The lowest BCUT2D eigenvalue weighted by Crippen LogP contribution is -2.66. The Bertz CT molecular complexity index is 841. The van der Waals surface area contributed by atoms with Gasteiger partial charge in [0.2, 0.25) is 11.8 Å². The average molecular weight is 515 g/mol. The number of aliphatic carboxylic acids is 1. The van der Waals surface area contributed by atoms with Crippen molar-refractivity contribution >= 4 is 28.2 Å². The molecule has 0 aromatic heterocycles. The van der Waals surface area contributed by atoms with Gasteiger partial charge in [-0.2, -0.15) is 8.42 Å². The summed E-state index contributed by atoms with van der Waals surface area (Å²) in [5, 5.41) is 46.1. The van der Waals surface area contributed by atoms with Gasteiger partial charge in [-0.05, 0) is 6.42 Å². The van der Waals surface area contributed by atoms with E-state index in [1.807, 2.05) is 0 Å². The van der Waals surface area contributed by atoms with Crippen LogP contribution in [0.15, 0.2) is 0 Å². The maximum atomic E-state index is 12.3. The quantitative estimate of drug-likeness (QED) is 0.121. The second-order valence-electron chi connectivity index (χ2n) is 7.78. The second kappa shape index (κ2) is 12.1. The van der Waals surface area contributed by atoms with Crippen LogP contribution in [0.5, 0.6) is 0 Å². The van der Waals surface area contributed by atoms with Crippen molar-refractivity contribution in [2.45, 2.75) is 68.6 Å².